The molecule has 3 aromatic rings. The highest BCUT2D eigenvalue weighted by atomic mass is 35.5. The summed E-state index contributed by atoms with van der Waals surface area (Å²) in [5.41, 5.74) is 4.07. The zero-order valence-corrected chi connectivity index (χ0v) is 20.1. The molecule has 1 aromatic heterocycles. The number of H-pyrrole nitrogens is 1. The molecule has 0 spiro atoms. The second-order valence-electron chi connectivity index (χ2n) is 8.62. The van der Waals surface area contributed by atoms with E-state index in [1.54, 1.807) is 23.1 Å². The highest BCUT2D eigenvalue weighted by Crippen LogP contribution is 2.25. The number of anilines is 1. The van der Waals surface area contributed by atoms with E-state index in [0.29, 0.717) is 48.3 Å². The number of piperazine rings is 1. The minimum Gasteiger partial charge on any atom is -0.368 e. The molecule has 2 aromatic carbocycles. The number of carbonyl (C=O) groups is 2. The lowest BCUT2D eigenvalue weighted by Crippen LogP contribution is -2.49. The number of rotatable bonds is 4. The lowest BCUT2D eigenvalue weighted by molar-refractivity contribution is -0.131. The molecule has 5 rings (SSSR count). The number of hydrogen-bond acceptors (Lipinski definition) is 4. The number of fused-ring (bicyclic) bond motifs is 1. The molecular weight excluding hydrogens is 473 g/mol. The molecule has 0 radical (unpaired) electrons. The van der Waals surface area contributed by atoms with E-state index in [9.17, 15) is 9.59 Å². The fourth-order valence-corrected chi connectivity index (χ4v) is 5.06. The van der Waals surface area contributed by atoms with E-state index in [2.05, 4.69) is 27.2 Å². The summed E-state index contributed by atoms with van der Waals surface area (Å²) in [6.07, 6.45) is 0.825. The number of amides is 2. The van der Waals surface area contributed by atoms with E-state index >= 15 is 0 Å². The smallest absolute Gasteiger partial charge is 0.274 e. The molecule has 0 bridgehead atoms. The monoisotopic (exact) mass is 497 g/mol. The second-order valence-corrected chi connectivity index (χ2v) is 9.47. The first-order valence-corrected chi connectivity index (χ1v) is 12.1. The van der Waals surface area contributed by atoms with Crippen molar-refractivity contribution in [1.82, 2.24) is 20.0 Å². The van der Waals surface area contributed by atoms with Crippen LogP contribution in [0.25, 0.3) is 0 Å². The lowest BCUT2D eigenvalue weighted by atomic mass is 10.0. The third kappa shape index (κ3) is 4.63. The Bertz CT molecular complexity index is 1210. The minimum absolute atomic E-state index is 0.0362. The van der Waals surface area contributed by atoms with E-state index < -0.39 is 0 Å². The van der Waals surface area contributed by atoms with Gasteiger partial charge in [0.15, 0.2) is 5.69 Å². The molecule has 0 saturated carbocycles. The number of aromatic amines is 1. The summed E-state index contributed by atoms with van der Waals surface area (Å²) in [4.78, 5) is 32.2. The normalized spacial score (nSPS) is 15.9. The van der Waals surface area contributed by atoms with Gasteiger partial charge in [0.2, 0.25) is 5.91 Å². The van der Waals surface area contributed by atoms with Gasteiger partial charge in [-0.05, 0) is 29.8 Å². The number of carbonyl (C=O) groups excluding carboxylic acids is 2. The molecule has 2 amide bonds. The van der Waals surface area contributed by atoms with Gasteiger partial charge in [0.1, 0.15) is 0 Å². The SMILES string of the molecule is O=C(Cc1ccc(Cl)cc1Cl)N1CCc2[nH]nc(C(=O)N3CCN(c4ccccc4)CC3)c2C1. The molecule has 0 unspecified atom stereocenters. The molecule has 0 atom stereocenters. The largest absolute Gasteiger partial charge is 0.368 e. The molecule has 34 heavy (non-hydrogen) atoms. The molecule has 2 aliphatic rings. The number of para-hydroxylation sites is 1. The van der Waals surface area contributed by atoms with Crippen LogP contribution in [0.2, 0.25) is 10.0 Å². The van der Waals surface area contributed by atoms with Crippen LogP contribution < -0.4 is 4.90 Å². The zero-order chi connectivity index (χ0) is 23.7. The van der Waals surface area contributed by atoms with Gasteiger partial charge in [0.05, 0.1) is 6.42 Å². The maximum Gasteiger partial charge on any atom is 0.274 e. The summed E-state index contributed by atoms with van der Waals surface area (Å²) in [6.45, 7) is 3.74. The van der Waals surface area contributed by atoms with Crippen molar-refractivity contribution in [3.05, 3.63) is 81.1 Å². The predicted octanol–water partition coefficient (Wildman–Crippen LogP) is 3.81. The Morgan fingerprint density at radius 1 is 0.941 bits per heavy atom. The van der Waals surface area contributed by atoms with Crippen LogP contribution in [0, 0.1) is 0 Å². The van der Waals surface area contributed by atoms with Crippen molar-refractivity contribution < 1.29 is 9.59 Å². The molecule has 176 valence electrons. The first kappa shape index (κ1) is 22.7. The summed E-state index contributed by atoms with van der Waals surface area (Å²) in [5, 5.41) is 8.39. The Labute approximate surface area is 208 Å². The second kappa shape index (κ2) is 9.68. The van der Waals surface area contributed by atoms with Gasteiger partial charge in [-0.2, -0.15) is 5.10 Å². The Kier molecular flexibility index (Phi) is 6.48. The first-order valence-electron chi connectivity index (χ1n) is 11.4. The predicted molar refractivity (Wildman–Crippen MR) is 132 cm³/mol. The Morgan fingerprint density at radius 2 is 1.71 bits per heavy atom. The van der Waals surface area contributed by atoms with Crippen molar-refractivity contribution in [3.63, 3.8) is 0 Å². The fourth-order valence-electron chi connectivity index (χ4n) is 4.58. The summed E-state index contributed by atoms with van der Waals surface area (Å²) in [7, 11) is 0. The molecule has 3 heterocycles. The third-order valence-corrected chi connectivity index (χ3v) is 7.12. The van der Waals surface area contributed by atoms with Gasteiger partial charge in [0.25, 0.3) is 5.91 Å². The number of benzene rings is 2. The molecule has 7 nitrogen and oxygen atoms in total. The Balaban J connectivity index is 1.25. The summed E-state index contributed by atoms with van der Waals surface area (Å²) in [5.74, 6) is -0.119. The molecular formula is C25H25Cl2N5O2. The van der Waals surface area contributed by atoms with Crippen molar-refractivity contribution in [1.29, 1.82) is 0 Å². The summed E-state index contributed by atoms with van der Waals surface area (Å²) >= 11 is 12.2. The number of aromatic nitrogens is 2. The van der Waals surface area contributed by atoms with Crippen molar-refractivity contribution in [2.24, 2.45) is 0 Å². The van der Waals surface area contributed by atoms with Gasteiger partial charge in [-0.1, -0.05) is 47.5 Å². The fraction of sp³-hybridized carbons (Fsp3) is 0.320. The Morgan fingerprint density at radius 3 is 2.44 bits per heavy atom. The van der Waals surface area contributed by atoms with Gasteiger partial charge < -0.3 is 14.7 Å². The van der Waals surface area contributed by atoms with Crippen molar-refractivity contribution >= 4 is 40.7 Å². The van der Waals surface area contributed by atoms with E-state index in [1.807, 2.05) is 23.1 Å². The topological polar surface area (TPSA) is 72.5 Å². The number of halogens is 2. The molecule has 9 heteroatoms. The average molecular weight is 498 g/mol. The minimum atomic E-state index is -0.0831. The summed E-state index contributed by atoms with van der Waals surface area (Å²) in [6, 6.07) is 15.4. The molecule has 1 saturated heterocycles. The first-order chi connectivity index (χ1) is 16.5. The number of nitrogens with one attached hydrogen (secondary N) is 1. The maximum atomic E-state index is 13.3. The van der Waals surface area contributed by atoms with Crippen LogP contribution in [0.5, 0.6) is 0 Å². The molecule has 1 N–H and O–H groups in total. The van der Waals surface area contributed by atoms with Crippen LogP contribution in [-0.2, 0) is 24.2 Å². The molecule has 0 aliphatic carbocycles. The van der Waals surface area contributed by atoms with Crippen LogP contribution >= 0.6 is 23.2 Å². The zero-order valence-electron chi connectivity index (χ0n) is 18.6. The highest BCUT2D eigenvalue weighted by molar-refractivity contribution is 6.35. The number of nitrogens with zero attached hydrogens (tertiary/aromatic N) is 4. The van der Waals surface area contributed by atoms with Crippen LogP contribution in [0.15, 0.2) is 48.5 Å². The van der Waals surface area contributed by atoms with Crippen molar-refractivity contribution in [2.75, 3.05) is 37.6 Å². The van der Waals surface area contributed by atoms with Crippen LogP contribution in [0.1, 0.15) is 27.3 Å². The van der Waals surface area contributed by atoms with E-state index in [-0.39, 0.29) is 18.2 Å². The van der Waals surface area contributed by atoms with Gasteiger partial charge in [-0.3, -0.25) is 14.7 Å². The van der Waals surface area contributed by atoms with E-state index in [1.165, 1.54) is 5.69 Å². The lowest BCUT2D eigenvalue weighted by Gasteiger charge is -2.36. The van der Waals surface area contributed by atoms with Gasteiger partial charge in [0, 0.05) is 72.7 Å². The third-order valence-electron chi connectivity index (χ3n) is 6.53. The average Bonchev–Trinajstić information content (AvgIpc) is 3.29. The number of hydrogen-bond donors (Lipinski definition) is 1. The standard InChI is InChI=1S/C25H25Cl2N5O2/c26-18-7-6-17(21(27)15-18)14-23(33)32-9-8-22-20(16-32)24(29-28-22)25(34)31-12-10-30(11-13-31)19-4-2-1-3-5-19/h1-7,15H,8-14,16H2,(H,28,29). The summed E-state index contributed by atoms with van der Waals surface area (Å²) < 4.78 is 0. The van der Waals surface area contributed by atoms with Crippen molar-refractivity contribution in [3.8, 4) is 0 Å². The maximum absolute atomic E-state index is 13.3. The molecule has 2 aliphatic heterocycles. The van der Waals surface area contributed by atoms with Crippen molar-refractivity contribution in [2.45, 2.75) is 19.4 Å². The molecule has 1 fully saturated rings. The van der Waals surface area contributed by atoms with Crippen LogP contribution in [0.4, 0.5) is 5.69 Å². The highest BCUT2D eigenvalue weighted by Gasteiger charge is 2.31. The quantitative estimate of drug-likeness (QED) is 0.594. The Hall–Kier alpha value is -3.03. The van der Waals surface area contributed by atoms with Crippen LogP contribution in [-0.4, -0.2) is 64.5 Å². The van der Waals surface area contributed by atoms with Gasteiger partial charge in [-0.25, -0.2) is 0 Å². The van der Waals surface area contributed by atoms with E-state index in [0.717, 1.165) is 29.9 Å². The van der Waals surface area contributed by atoms with Crippen LogP contribution in [0.3, 0.4) is 0 Å². The van der Waals surface area contributed by atoms with Gasteiger partial charge >= 0.3 is 0 Å². The van der Waals surface area contributed by atoms with E-state index in [4.69, 9.17) is 23.2 Å². The van der Waals surface area contributed by atoms with Gasteiger partial charge in [-0.15, -0.1) is 0 Å².